The number of hydrogen-bond donors (Lipinski definition) is 1. The van der Waals surface area contributed by atoms with Crippen LogP contribution in [0.2, 0.25) is 0 Å². The molecule has 0 bridgehead atoms. The molecule has 2 aromatic carbocycles. The predicted octanol–water partition coefficient (Wildman–Crippen LogP) is 6.53. The Labute approximate surface area is 182 Å². The van der Waals surface area contributed by atoms with Gasteiger partial charge in [-0.25, -0.2) is 0 Å². The molecule has 1 aromatic heterocycles. The molecule has 1 aliphatic carbocycles. The Balaban J connectivity index is 1.66. The molecule has 0 saturated carbocycles. The van der Waals surface area contributed by atoms with Crippen molar-refractivity contribution in [1.82, 2.24) is 0 Å². The van der Waals surface area contributed by atoms with Crippen LogP contribution in [0.5, 0.6) is 0 Å². The maximum Gasteiger partial charge on any atom is 0.163 e. The minimum atomic E-state index is -0.0275. The number of nitrogens with zero attached hydrogens (tertiary/aromatic N) is 1. The molecule has 4 heteroatoms. The summed E-state index contributed by atoms with van der Waals surface area (Å²) in [4.78, 5) is 17.3. The quantitative estimate of drug-likeness (QED) is 0.527. The van der Waals surface area contributed by atoms with Crippen molar-refractivity contribution in [2.24, 2.45) is 0 Å². The molecule has 0 saturated heterocycles. The number of ketones is 1. The Hall–Kier alpha value is -2.85. The lowest BCUT2D eigenvalue weighted by Gasteiger charge is -2.35. The molecule has 2 aliphatic rings. The van der Waals surface area contributed by atoms with Gasteiger partial charge in [-0.05, 0) is 47.9 Å². The molecule has 3 aromatic rings. The van der Waals surface area contributed by atoms with Gasteiger partial charge in [0.25, 0.3) is 0 Å². The maximum absolute atomic E-state index is 13.7. The average Bonchev–Trinajstić information content (AvgIpc) is 3.26. The first-order valence-corrected chi connectivity index (χ1v) is 11.6. The van der Waals surface area contributed by atoms with E-state index in [1.54, 1.807) is 11.3 Å². The normalized spacial score (nSPS) is 21.0. The third-order valence-corrected chi connectivity index (χ3v) is 7.06. The molecule has 30 heavy (non-hydrogen) atoms. The molecule has 2 atom stereocenters. The zero-order valence-electron chi connectivity index (χ0n) is 17.2. The number of nitrogens with one attached hydrogen (secondary N) is 1. The molecular weight excluding hydrogens is 388 g/mol. The van der Waals surface area contributed by atoms with Crippen LogP contribution in [0.15, 0.2) is 83.4 Å². The molecule has 1 N–H and O–H groups in total. The van der Waals surface area contributed by atoms with Crippen LogP contribution in [-0.2, 0) is 4.79 Å². The number of allylic oxidation sites excluding steroid dienone is 1. The first-order valence-electron chi connectivity index (χ1n) is 10.7. The summed E-state index contributed by atoms with van der Waals surface area (Å²) in [7, 11) is 0. The first kappa shape index (κ1) is 19.1. The summed E-state index contributed by atoms with van der Waals surface area (Å²) in [6, 6.07) is 23.2. The van der Waals surface area contributed by atoms with E-state index < -0.39 is 0 Å². The number of carbonyl (C=O) groups excluding carboxylic acids is 1. The smallest absolute Gasteiger partial charge is 0.163 e. The van der Waals surface area contributed by atoms with Crippen molar-refractivity contribution >= 4 is 28.5 Å². The predicted molar refractivity (Wildman–Crippen MR) is 125 cm³/mol. The second-order valence-corrected chi connectivity index (χ2v) is 9.06. The standard InChI is InChI=1S/C26H26N2OS/c1-2-14-28-22-12-7-6-11-20(22)27-21-16-19(18-9-4-3-5-10-18)17-23(29)25(21)26(28)24-13-8-15-30-24/h3-13,15,19,26-27H,2,14,16-17H2,1H3. The number of rotatable bonds is 4. The number of thiophene rings is 1. The fourth-order valence-electron chi connectivity index (χ4n) is 4.85. The van der Waals surface area contributed by atoms with Crippen molar-refractivity contribution in [3.63, 3.8) is 0 Å². The third-order valence-electron chi connectivity index (χ3n) is 6.14. The van der Waals surface area contributed by atoms with Crippen LogP contribution in [0.1, 0.15) is 48.6 Å². The van der Waals surface area contributed by atoms with Gasteiger partial charge in [-0.3, -0.25) is 4.79 Å². The fraction of sp³-hybridized carbons (Fsp3) is 0.269. The summed E-state index contributed by atoms with van der Waals surface area (Å²) in [6.45, 7) is 3.11. The van der Waals surface area contributed by atoms with E-state index in [-0.39, 0.29) is 17.7 Å². The van der Waals surface area contributed by atoms with Gasteiger partial charge < -0.3 is 10.2 Å². The van der Waals surface area contributed by atoms with Gasteiger partial charge in [0.15, 0.2) is 5.78 Å². The Morgan fingerprint density at radius 1 is 1.00 bits per heavy atom. The Kier molecular flexibility index (Phi) is 5.17. The lowest BCUT2D eigenvalue weighted by atomic mass is 9.79. The Morgan fingerprint density at radius 2 is 1.80 bits per heavy atom. The van der Waals surface area contributed by atoms with Crippen LogP contribution in [-0.4, -0.2) is 12.3 Å². The van der Waals surface area contributed by atoms with E-state index in [0.717, 1.165) is 36.3 Å². The molecule has 0 radical (unpaired) electrons. The minimum absolute atomic E-state index is 0.0275. The summed E-state index contributed by atoms with van der Waals surface area (Å²) in [5.74, 6) is 0.490. The summed E-state index contributed by atoms with van der Waals surface area (Å²) < 4.78 is 0. The number of para-hydroxylation sites is 2. The zero-order valence-corrected chi connectivity index (χ0v) is 18.0. The van der Waals surface area contributed by atoms with Crippen molar-refractivity contribution in [3.8, 4) is 0 Å². The monoisotopic (exact) mass is 414 g/mol. The number of fused-ring (bicyclic) bond motifs is 1. The van der Waals surface area contributed by atoms with Crippen LogP contribution in [0, 0.1) is 0 Å². The van der Waals surface area contributed by atoms with Gasteiger partial charge in [0.05, 0.1) is 17.4 Å². The molecule has 3 nitrogen and oxygen atoms in total. The SMILES string of the molecule is CCCN1c2ccccc2NC2=C(C(=O)CC(c3ccccc3)C2)C1c1cccs1. The summed E-state index contributed by atoms with van der Waals surface area (Å²) in [5.41, 5.74) is 5.56. The zero-order chi connectivity index (χ0) is 20.5. The molecule has 0 fully saturated rings. The van der Waals surface area contributed by atoms with E-state index in [4.69, 9.17) is 0 Å². The molecule has 2 heterocycles. The molecule has 152 valence electrons. The molecule has 1 aliphatic heterocycles. The van der Waals surface area contributed by atoms with Crippen molar-refractivity contribution in [3.05, 3.63) is 93.8 Å². The van der Waals surface area contributed by atoms with Gasteiger partial charge in [0.1, 0.15) is 0 Å². The molecule has 2 unspecified atom stereocenters. The highest BCUT2D eigenvalue weighted by Crippen LogP contribution is 2.47. The third kappa shape index (κ3) is 3.35. The van der Waals surface area contributed by atoms with E-state index in [1.807, 2.05) is 6.07 Å². The second-order valence-electron chi connectivity index (χ2n) is 8.08. The Morgan fingerprint density at radius 3 is 2.57 bits per heavy atom. The molecular formula is C26H26N2OS. The summed E-state index contributed by atoms with van der Waals surface area (Å²) >= 11 is 1.74. The molecule has 5 rings (SSSR count). The van der Waals surface area contributed by atoms with E-state index in [0.29, 0.717) is 6.42 Å². The van der Waals surface area contributed by atoms with E-state index in [2.05, 4.69) is 83.2 Å². The van der Waals surface area contributed by atoms with Gasteiger partial charge in [0, 0.05) is 29.1 Å². The van der Waals surface area contributed by atoms with Gasteiger partial charge in [-0.2, -0.15) is 0 Å². The first-order chi connectivity index (χ1) is 14.8. The number of anilines is 2. The van der Waals surface area contributed by atoms with Gasteiger partial charge >= 0.3 is 0 Å². The van der Waals surface area contributed by atoms with E-state index >= 15 is 0 Å². The highest BCUT2D eigenvalue weighted by molar-refractivity contribution is 7.10. The maximum atomic E-state index is 13.7. The number of Topliss-reactive ketones (excluding diaryl/α,β-unsaturated/α-hetero) is 1. The van der Waals surface area contributed by atoms with Crippen LogP contribution in [0.25, 0.3) is 0 Å². The minimum Gasteiger partial charge on any atom is -0.358 e. The van der Waals surface area contributed by atoms with Gasteiger partial charge in [-0.1, -0.05) is 55.5 Å². The topological polar surface area (TPSA) is 32.3 Å². The van der Waals surface area contributed by atoms with E-state index in [1.165, 1.54) is 16.1 Å². The number of hydrogen-bond acceptors (Lipinski definition) is 4. The van der Waals surface area contributed by atoms with Gasteiger partial charge in [0.2, 0.25) is 0 Å². The Bertz CT molecular complexity index is 1070. The fourth-order valence-corrected chi connectivity index (χ4v) is 5.69. The summed E-state index contributed by atoms with van der Waals surface area (Å²) in [6.07, 6.45) is 2.46. The molecule has 0 spiro atoms. The second kappa shape index (κ2) is 8.11. The van der Waals surface area contributed by atoms with Crippen molar-refractivity contribution in [2.75, 3.05) is 16.8 Å². The van der Waals surface area contributed by atoms with Crippen LogP contribution in [0.3, 0.4) is 0 Å². The highest BCUT2D eigenvalue weighted by atomic mass is 32.1. The van der Waals surface area contributed by atoms with Crippen molar-refractivity contribution < 1.29 is 4.79 Å². The number of carbonyl (C=O) groups is 1. The van der Waals surface area contributed by atoms with Crippen molar-refractivity contribution in [2.45, 2.75) is 38.1 Å². The average molecular weight is 415 g/mol. The van der Waals surface area contributed by atoms with Crippen LogP contribution >= 0.6 is 11.3 Å². The molecule has 0 amide bonds. The lowest BCUT2D eigenvalue weighted by molar-refractivity contribution is -0.116. The van der Waals surface area contributed by atoms with Crippen LogP contribution < -0.4 is 10.2 Å². The lowest BCUT2D eigenvalue weighted by Crippen LogP contribution is -2.34. The summed E-state index contributed by atoms with van der Waals surface area (Å²) in [5, 5.41) is 5.81. The number of benzene rings is 2. The highest BCUT2D eigenvalue weighted by Gasteiger charge is 2.39. The van der Waals surface area contributed by atoms with Crippen LogP contribution in [0.4, 0.5) is 11.4 Å². The van der Waals surface area contributed by atoms with E-state index in [9.17, 15) is 4.79 Å². The van der Waals surface area contributed by atoms with Crippen molar-refractivity contribution in [1.29, 1.82) is 0 Å². The largest absolute Gasteiger partial charge is 0.358 e. The van der Waals surface area contributed by atoms with Gasteiger partial charge in [-0.15, -0.1) is 11.3 Å².